The third kappa shape index (κ3) is 4.99. The average molecular weight is 290 g/mol. The molecule has 0 bridgehead atoms. The number of carbonyl (C=O) groups excluding carboxylic acids is 1. The fourth-order valence-corrected chi connectivity index (χ4v) is 1.98. The highest BCUT2D eigenvalue weighted by Gasteiger charge is 2.22. The van der Waals surface area contributed by atoms with Gasteiger partial charge in [0, 0.05) is 25.6 Å². The highest BCUT2D eigenvalue weighted by Crippen LogP contribution is 2.19. The minimum atomic E-state index is -0.657. The SMILES string of the molecule is CCN(CC)C(=O)C(C#N)CCOc1cccc(OC)c1. The predicted octanol–water partition coefficient (Wildman–Crippen LogP) is 2.47. The van der Waals surface area contributed by atoms with E-state index in [2.05, 4.69) is 6.07 Å². The van der Waals surface area contributed by atoms with Gasteiger partial charge in [-0.2, -0.15) is 5.26 Å². The first-order valence-electron chi connectivity index (χ1n) is 7.11. The molecule has 0 saturated heterocycles. The normalized spacial score (nSPS) is 11.3. The van der Waals surface area contributed by atoms with Crippen LogP contribution in [0.4, 0.5) is 0 Å². The lowest BCUT2D eigenvalue weighted by molar-refractivity contribution is -0.133. The van der Waals surface area contributed by atoms with Crippen molar-refractivity contribution in [1.82, 2.24) is 4.90 Å². The van der Waals surface area contributed by atoms with Crippen LogP contribution in [0.5, 0.6) is 11.5 Å². The highest BCUT2D eigenvalue weighted by atomic mass is 16.5. The molecular formula is C16H22N2O3. The molecular weight excluding hydrogens is 268 g/mol. The van der Waals surface area contributed by atoms with E-state index in [-0.39, 0.29) is 5.91 Å². The van der Waals surface area contributed by atoms with Crippen LogP contribution in [0.3, 0.4) is 0 Å². The summed E-state index contributed by atoms with van der Waals surface area (Å²) in [4.78, 5) is 13.8. The quantitative estimate of drug-likeness (QED) is 0.738. The molecule has 1 atom stereocenters. The van der Waals surface area contributed by atoms with Gasteiger partial charge in [-0.15, -0.1) is 0 Å². The number of carbonyl (C=O) groups is 1. The summed E-state index contributed by atoms with van der Waals surface area (Å²) in [5.74, 6) is 0.595. The van der Waals surface area contributed by atoms with Gasteiger partial charge in [0.15, 0.2) is 0 Å². The number of rotatable bonds is 8. The standard InChI is InChI=1S/C16H22N2O3/c1-4-18(5-2)16(19)13(12-17)9-10-21-15-8-6-7-14(11-15)20-3/h6-8,11,13H,4-5,9-10H2,1-3H3. The smallest absolute Gasteiger partial charge is 0.240 e. The molecule has 0 saturated carbocycles. The lowest BCUT2D eigenvalue weighted by Crippen LogP contribution is -2.36. The Balaban J connectivity index is 2.52. The second-order valence-electron chi connectivity index (χ2n) is 4.51. The van der Waals surface area contributed by atoms with E-state index in [0.717, 1.165) is 0 Å². The van der Waals surface area contributed by atoms with E-state index in [9.17, 15) is 4.79 Å². The molecule has 1 amide bonds. The summed E-state index contributed by atoms with van der Waals surface area (Å²) in [6, 6.07) is 9.31. The van der Waals surface area contributed by atoms with Crippen LogP contribution in [0.1, 0.15) is 20.3 Å². The predicted molar refractivity (Wildman–Crippen MR) is 80.1 cm³/mol. The number of ether oxygens (including phenoxy) is 2. The fraction of sp³-hybridized carbons (Fsp3) is 0.500. The average Bonchev–Trinajstić information content (AvgIpc) is 2.52. The topological polar surface area (TPSA) is 62.6 Å². The van der Waals surface area contributed by atoms with Gasteiger partial charge < -0.3 is 14.4 Å². The minimum absolute atomic E-state index is 0.128. The van der Waals surface area contributed by atoms with Crippen LogP contribution in [-0.2, 0) is 4.79 Å². The summed E-state index contributed by atoms with van der Waals surface area (Å²) in [5.41, 5.74) is 0. The van der Waals surface area contributed by atoms with Crippen LogP contribution >= 0.6 is 0 Å². The Morgan fingerprint density at radius 1 is 1.33 bits per heavy atom. The molecule has 0 spiro atoms. The summed E-state index contributed by atoms with van der Waals surface area (Å²) >= 11 is 0. The maximum Gasteiger partial charge on any atom is 0.240 e. The molecule has 0 aromatic heterocycles. The van der Waals surface area contributed by atoms with E-state index in [1.165, 1.54) is 0 Å². The van der Waals surface area contributed by atoms with Gasteiger partial charge in [-0.1, -0.05) is 6.07 Å². The minimum Gasteiger partial charge on any atom is -0.497 e. The number of benzene rings is 1. The second kappa shape index (κ2) is 8.85. The van der Waals surface area contributed by atoms with Crippen LogP contribution in [0.25, 0.3) is 0 Å². The number of methoxy groups -OCH3 is 1. The van der Waals surface area contributed by atoms with E-state index >= 15 is 0 Å². The summed E-state index contributed by atoms with van der Waals surface area (Å²) in [6.07, 6.45) is 0.378. The first-order chi connectivity index (χ1) is 10.2. The highest BCUT2D eigenvalue weighted by molar-refractivity contribution is 5.81. The zero-order valence-corrected chi connectivity index (χ0v) is 12.8. The van der Waals surface area contributed by atoms with E-state index in [1.807, 2.05) is 32.0 Å². The number of hydrogen-bond donors (Lipinski definition) is 0. The lowest BCUT2D eigenvalue weighted by atomic mass is 10.1. The zero-order chi connectivity index (χ0) is 15.7. The van der Waals surface area contributed by atoms with Gasteiger partial charge in [-0.3, -0.25) is 4.79 Å². The Hall–Kier alpha value is -2.22. The Labute approximate surface area is 126 Å². The largest absolute Gasteiger partial charge is 0.497 e. The maximum absolute atomic E-state index is 12.1. The van der Waals surface area contributed by atoms with Crippen LogP contribution in [0.15, 0.2) is 24.3 Å². The van der Waals surface area contributed by atoms with Gasteiger partial charge in [-0.05, 0) is 26.0 Å². The molecule has 0 N–H and O–H groups in total. The number of nitrogens with zero attached hydrogens (tertiary/aromatic N) is 2. The molecule has 21 heavy (non-hydrogen) atoms. The first-order valence-corrected chi connectivity index (χ1v) is 7.11. The fourth-order valence-electron chi connectivity index (χ4n) is 1.98. The van der Waals surface area contributed by atoms with Crippen molar-refractivity contribution in [3.8, 4) is 17.6 Å². The van der Waals surface area contributed by atoms with Crippen molar-refractivity contribution in [2.24, 2.45) is 5.92 Å². The van der Waals surface area contributed by atoms with Crippen molar-refractivity contribution in [3.05, 3.63) is 24.3 Å². The zero-order valence-electron chi connectivity index (χ0n) is 12.8. The van der Waals surface area contributed by atoms with E-state index in [0.29, 0.717) is 37.6 Å². The molecule has 1 rings (SSSR count). The first kappa shape index (κ1) is 16.8. The molecule has 0 aliphatic carbocycles. The molecule has 1 aromatic carbocycles. The number of nitriles is 1. The van der Waals surface area contributed by atoms with Crippen molar-refractivity contribution in [2.45, 2.75) is 20.3 Å². The molecule has 1 aromatic rings. The Morgan fingerprint density at radius 2 is 2.00 bits per heavy atom. The van der Waals surface area contributed by atoms with Gasteiger partial charge in [-0.25, -0.2) is 0 Å². The monoisotopic (exact) mass is 290 g/mol. The third-order valence-electron chi connectivity index (χ3n) is 3.25. The molecule has 5 heteroatoms. The van der Waals surface area contributed by atoms with Crippen molar-refractivity contribution in [1.29, 1.82) is 5.26 Å². The summed E-state index contributed by atoms with van der Waals surface area (Å²) < 4.78 is 10.7. The van der Waals surface area contributed by atoms with Gasteiger partial charge >= 0.3 is 0 Å². The van der Waals surface area contributed by atoms with Gasteiger partial charge in [0.2, 0.25) is 5.91 Å². The van der Waals surface area contributed by atoms with E-state index in [1.54, 1.807) is 18.1 Å². The Kier molecular flexibility index (Phi) is 7.10. The van der Waals surface area contributed by atoms with Crippen LogP contribution < -0.4 is 9.47 Å². The van der Waals surface area contributed by atoms with Crippen LogP contribution in [-0.4, -0.2) is 37.6 Å². The van der Waals surface area contributed by atoms with Gasteiger partial charge in [0.1, 0.15) is 17.4 Å². The molecule has 5 nitrogen and oxygen atoms in total. The third-order valence-corrected chi connectivity index (χ3v) is 3.25. The van der Waals surface area contributed by atoms with E-state index < -0.39 is 5.92 Å². The second-order valence-corrected chi connectivity index (χ2v) is 4.51. The number of amides is 1. The molecule has 1 unspecified atom stereocenters. The molecule has 0 aliphatic rings. The van der Waals surface area contributed by atoms with Crippen molar-refractivity contribution >= 4 is 5.91 Å². The van der Waals surface area contributed by atoms with Crippen LogP contribution in [0, 0.1) is 17.2 Å². The Bertz CT molecular complexity index is 493. The van der Waals surface area contributed by atoms with Crippen LogP contribution in [0.2, 0.25) is 0 Å². The van der Waals surface area contributed by atoms with E-state index in [4.69, 9.17) is 14.7 Å². The maximum atomic E-state index is 12.1. The van der Waals surface area contributed by atoms with Gasteiger partial charge in [0.25, 0.3) is 0 Å². The molecule has 0 radical (unpaired) electrons. The van der Waals surface area contributed by atoms with Crippen molar-refractivity contribution in [3.63, 3.8) is 0 Å². The summed E-state index contributed by atoms with van der Waals surface area (Å²) in [5, 5.41) is 9.14. The summed E-state index contributed by atoms with van der Waals surface area (Å²) in [7, 11) is 1.59. The van der Waals surface area contributed by atoms with Gasteiger partial charge in [0.05, 0.1) is 19.8 Å². The Morgan fingerprint density at radius 3 is 2.57 bits per heavy atom. The number of hydrogen-bond acceptors (Lipinski definition) is 4. The van der Waals surface area contributed by atoms with Crippen molar-refractivity contribution < 1.29 is 14.3 Å². The lowest BCUT2D eigenvalue weighted by Gasteiger charge is -2.21. The summed E-state index contributed by atoms with van der Waals surface area (Å²) in [6.45, 7) is 5.36. The molecule has 0 aliphatic heterocycles. The molecule has 114 valence electrons. The van der Waals surface area contributed by atoms with Crippen molar-refractivity contribution in [2.75, 3.05) is 26.8 Å². The molecule has 0 heterocycles. The molecule has 0 fully saturated rings.